The highest BCUT2D eigenvalue weighted by Gasteiger charge is 2.43. The van der Waals surface area contributed by atoms with Crippen molar-refractivity contribution in [3.05, 3.63) is 59.0 Å². The van der Waals surface area contributed by atoms with Gasteiger partial charge in [-0.15, -0.1) is 0 Å². The molecule has 1 aromatic carbocycles. The molecular weight excluding hydrogens is 336 g/mol. The molecule has 0 spiro atoms. The molecular formula is C23H30N2O2. The van der Waals surface area contributed by atoms with Gasteiger partial charge >= 0.3 is 0 Å². The molecule has 144 valence electrons. The predicted octanol–water partition coefficient (Wildman–Crippen LogP) is 3.03. The number of Topliss-reactive ketones (excluding diaryl/α,β-unsaturated/α-hetero) is 1. The maximum absolute atomic E-state index is 13.1. The van der Waals surface area contributed by atoms with Crippen LogP contribution in [0.5, 0.6) is 0 Å². The van der Waals surface area contributed by atoms with Gasteiger partial charge in [-0.25, -0.2) is 0 Å². The van der Waals surface area contributed by atoms with E-state index in [4.69, 9.17) is 4.74 Å². The minimum atomic E-state index is -0.0222. The molecule has 4 nitrogen and oxygen atoms in total. The largest absolute Gasteiger partial charge is 0.495 e. The lowest BCUT2D eigenvalue weighted by Gasteiger charge is -2.37. The maximum atomic E-state index is 13.1. The first kappa shape index (κ1) is 18.3. The minimum Gasteiger partial charge on any atom is -0.495 e. The van der Waals surface area contributed by atoms with Gasteiger partial charge in [0, 0.05) is 38.0 Å². The van der Waals surface area contributed by atoms with Gasteiger partial charge in [0.1, 0.15) is 11.5 Å². The van der Waals surface area contributed by atoms with Crippen molar-refractivity contribution in [3.63, 3.8) is 0 Å². The second kappa shape index (κ2) is 7.51. The number of carbonyl (C=O) groups is 1. The Balaban J connectivity index is 1.53. The van der Waals surface area contributed by atoms with Crippen LogP contribution in [0.15, 0.2) is 47.9 Å². The number of hydrogen-bond acceptors (Lipinski definition) is 4. The summed E-state index contributed by atoms with van der Waals surface area (Å²) in [6.45, 7) is 6.27. The van der Waals surface area contributed by atoms with E-state index >= 15 is 0 Å². The summed E-state index contributed by atoms with van der Waals surface area (Å²) in [7, 11) is 3.89. The number of piperazine rings is 1. The van der Waals surface area contributed by atoms with Crippen molar-refractivity contribution in [2.45, 2.75) is 19.8 Å². The molecule has 2 aliphatic carbocycles. The Kier molecular flexibility index (Phi) is 5.09. The summed E-state index contributed by atoms with van der Waals surface area (Å²) in [6, 6.07) is 8.55. The van der Waals surface area contributed by atoms with Gasteiger partial charge in [0.2, 0.25) is 0 Å². The number of ether oxygens (including phenoxy) is 1. The number of likely N-dealkylation sites (N-methyl/N-ethyl adjacent to an activating group) is 1. The molecule has 27 heavy (non-hydrogen) atoms. The SMILES string of the molecule is COC1=CC2C(=O)C(Cc3cccc(C)c3)CC2C=C1N1CCN(C)CC1. The van der Waals surface area contributed by atoms with E-state index < -0.39 is 0 Å². The zero-order valence-electron chi connectivity index (χ0n) is 16.6. The number of rotatable bonds is 4. The molecule has 2 fully saturated rings. The van der Waals surface area contributed by atoms with Crippen LogP contribution in [0.2, 0.25) is 0 Å². The monoisotopic (exact) mass is 366 g/mol. The molecule has 1 saturated carbocycles. The summed E-state index contributed by atoms with van der Waals surface area (Å²) in [4.78, 5) is 17.8. The van der Waals surface area contributed by atoms with Gasteiger partial charge in [-0.1, -0.05) is 35.9 Å². The average Bonchev–Trinajstić information content (AvgIpc) is 2.96. The molecule has 1 heterocycles. The van der Waals surface area contributed by atoms with Gasteiger partial charge in [0.15, 0.2) is 0 Å². The molecule has 1 aliphatic heterocycles. The smallest absolute Gasteiger partial charge is 0.143 e. The highest BCUT2D eigenvalue weighted by atomic mass is 16.5. The van der Waals surface area contributed by atoms with Crippen LogP contribution < -0.4 is 0 Å². The van der Waals surface area contributed by atoms with Crippen LogP contribution in [0.25, 0.3) is 0 Å². The summed E-state index contributed by atoms with van der Waals surface area (Å²) >= 11 is 0. The van der Waals surface area contributed by atoms with Gasteiger partial charge in [-0.2, -0.15) is 0 Å². The van der Waals surface area contributed by atoms with Gasteiger partial charge in [0.25, 0.3) is 0 Å². The van der Waals surface area contributed by atoms with Crippen molar-refractivity contribution < 1.29 is 9.53 Å². The quantitative estimate of drug-likeness (QED) is 0.820. The standard InChI is InChI=1S/C23H30N2O2/c1-16-5-4-6-17(11-16)12-19-13-18-14-21(25-9-7-24(2)8-10-25)22(27-3)15-20(18)23(19)26/h4-6,11,14-15,18-20H,7-10,12-13H2,1-3H3. The summed E-state index contributed by atoms with van der Waals surface area (Å²) in [6.07, 6.45) is 6.21. The second-order valence-corrected chi connectivity index (χ2v) is 8.30. The van der Waals surface area contributed by atoms with Crippen LogP contribution >= 0.6 is 0 Å². The Bertz CT molecular complexity index is 774. The highest BCUT2D eigenvalue weighted by Crippen LogP contribution is 2.42. The topological polar surface area (TPSA) is 32.8 Å². The van der Waals surface area contributed by atoms with Crippen molar-refractivity contribution in [3.8, 4) is 0 Å². The first-order valence-corrected chi connectivity index (χ1v) is 10.1. The highest BCUT2D eigenvalue weighted by molar-refractivity contribution is 5.88. The zero-order chi connectivity index (χ0) is 19.0. The predicted molar refractivity (Wildman–Crippen MR) is 107 cm³/mol. The number of carbonyl (C=O) groups excluding carboxylic acids is 1. The van der Waals surface area contributed by atoms with Gasteiger partial charge < -0.3 is 14.5 Å². The van der Waals surface area contributed by atoms with E-state index in [0.29, 0.717) is 11.7 Å². The van der Waals surface area contributed by atoms with Gasteiger partial charge in [-0.3, -0.25) is 4.79 Å². The van der Waals surface area contributed by atoms with Crippen molar-refractivity contribution in [2.75, 3.05) is 40.3 Å². The van der Waals surface area contributed by atoms with Crippen molar-refractivity contribution >= 4 is 5.78 Å². The van der Waals surface area contributed by atoms with Crippen LogP contribution in [-0.4, -0.2) is 55.9 Å². The third-order valence-corrected chi connectivity index (χ3v) is 6.33. The summed E-state index contributed by atoms with van der Waals surface area (Å²) < 4.78 is 5.69. The summed E-state index contributed by atoms with van der Waals surface area (Å²) in [5.41, 5.74) is 3.72. The molecule has 0 N–H and O–H groups in total. The van der Waals surface area contributed by atoms with Crippen molar-refractivity contribution in [2.24, 2.45) is 17.8 Å². The van der Waals surface area contributed by atoms with E-state index in [1.807, 2.05) is 0 Å². The first-order valence-electron chi connectivity index (χ1n) is 10.1. The van der Waals surface area contributed by atoms with E-state index in [1.165, 1.54) is 16.8 Å². The van der Waals surface area contributed by atoms with Gasteiger partial charge in [-0.05, 0) is 44.4 Å². The van der Waals surface area contributed by atoms with Crippen LogP contribution in [0.1, 0.15) is 17.5 Å². The fraction of sp³-hybridized carbons (Fsp3) is 0.522. The normalized spacial score (nSPS) is 28.6. The third kappa shape index (κ3) is 3.68. The first-order chi connectivity index (χ1) is 13.0. The Hall–Kier alpha value is -2.07. The van der Waals surface area contributed by atoms with E-state index in [-0.39, 0.29) is 11.8 Å². The van der Waals surface area contributed by atoms with E-state index in [2.05, 4.69) is 60.2 Å². The number of methoxy groups -OCH3 is 1. The Morgan fingerprint density at radius 1 is 1.15 bits per heavy atom. The molecule has 0 aromatic heterocycles. The van der Waals surface area contributed by atoms with E-state index in [1.54, 1.807) is 7.11 Å². The molecule has 3 aliphatic rings. The minimum absolute atomic E-state index is 0.0222. The number of aryl methyl sites for hydroxylation is 1. The van der Waals surface area contributed by atoms with Crippen LogP contribution in [0.3, 0.4) is 0 Å². The third-order valence-electron chi connectivity index (χ3n) is 6.33. The summed E-state index contributed by atoms with van der Waals surface area (Å²) in [5, 5.41) is 0. The number of fused-ring (bicyclic) bond motifs is 1. The molecule has 3 unspecified atom stereocenters. The van der Waals surface area contributed by atoms with Crippen LogP contribution in [0, 0.1) is 24.7 Å². The average molecular weight is 367 g/mol. The fourth-order valence-electron chi connectivity index (χ4n) is 4.77. The van der Waals surface area contributed by atoms with Crippen molar-refractivity contribution in [1.29, 1.82) is 0 Å². The van der Waals surface area contributed by atoms with Crippen molar-refractivity contribution in [1.82, 2.24) is 9.80 Å². The van der Waals surface area contributed by atoms with E-state index in [9.17, 15) is 4.79 Å². The Morgan fingerprint density at radius 2 is 1.93 bits per heavy atom. The molecule has 4 rings (SSSR count). The molecule has 1 saturated heterocycles. The Morgan fingerprint density at radius 3 is 2.63 bits per heavy atom. The second-order valence-electron chi connectivity index (χ2n) is 8.30. The lowest BCUT2D eigenvalue weighted by molar-refractivity contribution is -0.123. The zero-order valence-corrected chi connectivity index (χ0v) is 16.6. The van der Waals surface area contributed by atoms with Crippen LogP contribution in [-0.2, 0) is 16.0 Å². The lowest BCUT2D eigenvalue weighted by atomic mass is 9.88. The number of allylic oxidation sites excluding steroid dienone is 2. The number of nitrogens with zero attached hydrogens (tertiary/aromatic N) is 2. The molecule has 3 atom stereocenters. The fourth-order valence-corrected chi connectivity index (χ4v) is 4.77. The number of hydrogen-bond donors (Lipinski definition) is 0. The summed E-state index contributed by atoms with van der Waals surface area (Å²) in [5.74, 6) is 1.65. The lowest BCUT2D eigenvalue weighted by Crippen LogP contribution is -2.44. The molecule has 0 radical (unpaired) electrons. The number of benzene rings is 1. The molecule has 0 bridgehead atoms. The molecule has 4 heteroatoms. The number of ketones is 1. The van der Waals surface area contributed by atoms with E-state index in [0.717, 1.165) is 44.8 Å². The Labute approximate surface area is 162 Å². The maximum Gasteiger partial charge on any atom is 0.143 e. The molecule has 1 aromatic rings. The van der Waals surface area contributed by atoms with Gasteiger partial charge in [0.05, 0.1) is 12.8 Å². The molecule has 0 amide bonds. The van der Waals surface area contributed by atoms with Crippen LogP contribution in [0.4, 0.5) is 0 Å².